The van der Waals surface area contributed by atoms with Gasteiger partial charge in [0.15, 0.2) is 17.3 Å². The van der Waals surface area contributed by atoms with Gasteiger partial charge in [-0.3, -0.25) is 9.88 Å². The lowest BCUT2D eigenvalue weighted by Gasteiger charge is -2.44. The third-order valence-corrected chi connectivity index (χ3v) is 9.46. The van der Waals surface area contributed by atoms with Crippen LogP contribution in [0.2, 0.25) is 5.02 Å². The highest BCUT2D eigenvalue weighted by atomic mass is 35.5. The molecule has 234 valence electrons. The summed E-state index contributed by atoms with van der Waals surface area (Å²) in [6.07, 6.45) is 2.44. The first kappa shape index (κ1) is 28.5. The molecule has 3 saturated heterocycles. The molecule has 0 spiro atoms. The largest absolute Gasteiger partial charge is 0.478 e. The fraction of sp³-hybridized carbons (Fsp3) is 0.406. The van der Waals surface area contributed by atoms with Crippen LogP contribution in [-0.4, -0.2) is 81.6 Å². The minimum atomic E-state index is -1.18. The first-order chi connectivity index (χ1) is 21.8. The number of aromatic carboxylic acids is 1. The van der Waals surface area contributed by atoms with Gasteiger partial charge in [0.05, 0.1) is 66.3 Å². The number of aromatic nitrogens is 3. The Hall–Kier alpha value is -3.97. The number of halogens is 2. The number of ether oxygens (including phenoxy) is 4. The van der Waals surface area contributed by atoms with Gasteiger partial charge in [-0.15, -0.1) is 0 Å². The van der Waals surface area contributed by atoms with Crippen LogP contribution in [0.25, 0.3) is 11.0 Å². The summed E-state index contributed by atoms with van der Waals surface area (Å²) in [6.45, 7) is 5.89. The maximum absolute atomic E-state index is 15.1. The Balaban J connectivity index is 1.08. The monoisotopic (exact) mass is 635 g/mol. The number of piperazine rings is 1. The summed E-state index contributed by atoms with van der Waals surface area (Å²) < 4.78 is 41.6. The van der Waals surface area contributed by atoms with Crippen LogP contribution in [0, 0.1) is 5.82 Å². The molecule has 4 atom stereocenters. The normalized spacial score (nSPS) is 25.8. The van der Waals surface area contributed by atoms with Crippen molar-refractivity contribution in [3.05, 3.63) is 76.6 Å². The number of anilines is 1. The SMILES string of the molecule is C[C@@]1(c2ccc(Cl)cn2)Oc2cccc(N3CCN(Cc4nc5c(F)cc(C(=O)O)cc5n4C[C@@H]4CCO4)[C@@H]4COC[C@@H]43)c2O1. The van der Waals surface area contributed by atoms with Crippen molar-refractivity contribution in [3.63, 3.8) is 0 Å². The van der Waals surface area contributed by atoms with Gasteiger partial charge >= 0.3 is 5.97 Å². The maximum Gasteiger partial charge on any atom is 0.335 e. The summed E-state index contributed by atoms with van der Waals surface area (Å²) >= 11 is 6.06. The van der Waals surface area contributed by atoms with Crippen molar-refractivity contribution in [1.82, 2.24) is 19.4 Å². The molecule has 2 aromatic heterocycles. The van der Waals surface area contributed by atoms with Crippen LogP contribution in [-0.2, 0) is 28.4 Å². The number of imidazole rings is 1. The lowest BCUT2D eigenvalue weighted by Crippen LogP contribution is -2.59. The van der Waals surface area contributed by atoms with Gasteiger partial charge in [-0.25, -0.2) is 14.2 Å². The lowest BCUT2D eigenvalue weighted by atomic mass is 10.0. The molecule has 3 fully saturated rings. The quantitative estimate of drug-likeness (QED) is 0.313. The first-order valence-corrected chi connectivity index (χ1v) is 15.4. The van der Waals surface area contributed by atoms with Gasteiger partial charge in [0, 0.05) is 32.8 Å². The second kappa shape index (κ2) is 10.8. The van der Waals surface area contributed by atoms with E-state index < -0.39 is 17.6 Å². The zero-order valence-corrected chi connectivity index (χ0v) is 25.2. The molecule has 0 bridgehead atoms. The van der Waals surface area contributed by atoms with Gasteiger partial charge < -0.3 is 33.5 Å². The number of para-hydroxylation sites is 1. The summed E-state index contributed by atoms with van der Waals surface area (Å²) in [6, 6.07) is 12.0. The van der Waals surface area contributed by atoms with Crippen molar-refractivity contribution in [2.24, 2.45) is 0 Å². The molecule has 0 amide bonds. The lowest BCUT2D eigenvalue weighted by molar-refractivity contribution is -0.0716. The summed E-state index contributed by atoms with van der Waals surface area (Å²) in [7, 11) is 0. The van der Waals surface area contributed by atoms with E-state index in [0.29, 0.717) is 79.6 Å². The molecule has 0 saturated carbocycles. The highest BCUT2D eigenvalue weighted by molar-refractivity contribution is 6.30. The van der Waals surface area contributed by atoms with Crippen LogP contribution in [0.5, 0.6) is 11.5 Å². The predicted molar refractivity (Wildman–Crippen MR) is 161 cm³/mol. The molecule has 4 aliphatic rings. The Kier molecular flexibility index (Phi) is 6.86. The number of hydrogen-bond acceptors (Lipinski definition) is 9. The van der Waals surface area contributed by atoms with E-state index in [1.54, 1.807) is 18.3 Å². The van der Waals surface area contributed by atoms with Crippen molar-refractivity contribution < 1.29 is 33.2 Å². The number of nitrogens with zero attached hydrogens (tertiary/aromatic N) is 5. The molecule has 2 aromatic carbocycles. The Labute approximate surface area is 263 Å². The van der Waals surface area contributed by atoms with Crippen LogP contribution < -0.4 is 14.4 Å². The van der Waals surface area contributed by atoms with Crippen LogP contribution in [0.1, 0.15) is 35.2 Å². The average Bonchev–Trinajstić information content (AvgIpc) is 3.71. The number of fused-ring (bicyclic) bond motifs is 3. The average molecular weight is 636 g/mol. The number of hydrogen-bond donors (Lipinski definition) is 1. The number of rotatable bonds is 7. The van der Waals surface area contributed by atoms with Crippen LogP contribution in [0.15, 0.2) is 48.7 Å². The van der Waals surface area contributed by atoms with E-state index >= 15 is 4.39 Å². The molecule has 0 radical (unpaired) electrons. The van der Waals surface area contributed by atoms with Crippen LogP contribution in [0.3, 0.4) is 0 Å². The van der Waals surface area contributed by atoms with E-state index in [1.165, 1.54) is 6.07 Å². The molecule has 0 aliphatic carbocycles. The summed E-state index contributed by atoms with van der Waals surface area (Å²) in [4.78, 5) is 25.5. The number of carboxylic acid groups (broad SMARTS) is 1. The fourth-order valence-electron chi connectivity index (χ4n) is 6.82. The van der Waals surface area contributed by atoms with Gasteiger partial charge in [-0.05, 0) is 42.8 Å². The van der Waals surface area contributed by atoms with E-state index in [2.05, 4.69) is 14.8 Å². The van der Waals surface area contributed by atoms with E-state index in [4.69, 9.17) is 35.5 Å². The minimum Gasteiger partial charge on any atom is -0.478 e. The molecule has 0 unspecified atom stereocenters. The minimum absolute atomic E-state index is 0.0201. The van der Waals surface area contributed by atoms with Crippen molar-refractivity contribution in [2.45, 2.75) is 50.4 Å². The topological polar surface area (TPSA) is 111 Å². The van der Waals surface area contributed by atoms with Crippen molar-refractivity contribution >= 4 is 34.3 Å². The van der Waals surface area contributed by atoms with Crippen molar-refractivity contribution in [3.8, 4) is 11.5 Å². The van der Waals surface area contributed by atoms with Crippen molar-refractivity contribution in [2.75, 3.05) is 37.8 Å². The van der Waals surface area contributed by atoms with Gasteiger partial charge in [0.1, 0.15) is 17.0 Å². The fourth-order valence-corrected chi connectivity index (χ4v) is 6.93. The summed E-state index contributed by atoms with van der Waals surface area (Å²) in [5, 5.41) is 10.1. The summed E-state index contributed by atoms with van der Waals surface area (Å²) in [5.74, 6) is -0.965. The predicted octanol–water partition coefficient (Wildman–Crippen LogP) is 4.44. The Morgan fingerprint density at radius 3 is 2.76 bits per heavy atom. The molecule has 4 aliphatic heterocycles. The maximum atomic E-state index is 15.1. The molecular formula is C32H31ClFN5O6. The smallest absolute Gasteiger partial charge is 0.335 e. The third kappa shape index (κ3) is 4.87. The molecule has 13 heteroatoms. The van der Waals surface area contributed by atoms with Gasteiger partial charge in [0.25, 0.3) is 5.79 Å². The molecule has 1 N–H and O–H groups in total. The number of pyridine rings is 1. The van der Waals surface area contributed by atoms with E-state index in [1.807, 2.05) is 29.7 Å². The van der Waals surface area contributed by atoms with Crippen LogP contribution in [0.4, 0.5) is 10.1 Å². The van der Waals surface area contributed by atoms with Crippen molar-refractivity contribution in [1.29, 1.82) is 0 Å². The second-order valence-corrected chi connectivity index (χ2v) is 12.4. The first-order valence-electron chi connectivity index (χ1n) is 15.0. The molecule has 45 heavy (non-hydrogen) atoms. The van der Waals surface area contributed by atoms with Gasteiger partial charge in [-0.1, -0.05) is 17.7 Å². The van der Waals surface area contributed by atoms with Gasteiger partial charge in [0.2, 0.25) is 0 Å². The highest BCUT2D eigenvalue weighted by Crippen LogP contribution is 2.50. The third-order valence-electron chi connectivity index (χ3n) is 9.24. The van der Waals surface area contributed by atoms with Crippen LogP contribution >= 0.6 is 11.6 Å². The Bertz CT molecular complexity index is 1800. The zero-order valence-electron chi connectivity index (χ0n) is 24.5. The molecule has 11 nitrogen and oxygen atoms in total. The molecular weight excluding hydrogens is 605 g/mol. The summed E-state index contributed by atoms with van der Waals surface area (Å²) in [5.41, 5.74) is 2.06. The van der Waals surface area contributed by atoms with E-state index in [0.717, 1.165) is 18.2 Å². The van der Waals surface area contributed by atoms with E-state index in [9.17, 15) is 9.90 Å². The molecule has 8 rings (SSSR count). The van der Waals surface area contributed by atoms with Gasteiger partial charge in [-0.2, -0.15) is 0 Å². The Morgan fingerprint density at radius 1 is 1.16 bits per heavy atom. The number of carboxylic acids is 1. The highest BCUT2D eigenvalue weighted by Gasteiger charge is 2.46. The number of benzene rings is 2. The Morgan fingerprint density at radius 2 is 2.00 bits per heavy atom. The standard InChI is InChI=1S/C32H31ClFN5O6/c1-32(27-6-5-19(33)13-35-27)44-26-4-2-3-22(30(26)45-32)38-9-8-37(24-16-42-17-25(24)38)15-28-36-29-21(34)11-18(31(40)41)12-23(29)39(28)14-20-7-10-43-20/h2-6,11-13,20,24-25H,7-10,14-17H2,1H3,(H,40,41)/t20-,24+,25-,32+/m0/s1. The van der Waals surface area contributed by atoms with E-state index in [-0.39, 0.29) is 29.3 Å². The zero-order chi connectivity index (χ0) is 30.9. The number of carbonyl (C=O) groups is 1. The molecule has 4 aromatic rings. The molecule has 6 heterocycles. The second-order valence-electron chi connectivity index (χ2n) is 12.0.